The van der Waals surface area contributed by atoms with Gasteiger partial charge in [0.05, 0.1) is 0 Å². The fourth-order valence-corrected chi connectivity index (χ4v) is 8.41. The van der Waals surface area contributed by atoms with E-state index in [1.165, 1.54) is 47.6 Å². The number of nitrogens with zero attached hydrogens (tertiary/aromatic N) is 3. The Bertz CT molecular complexity index is 2930. The first kappa shape index (κ1) is 31.0. The van der Waals surface area contributed by atoms with Crippen LogP contribution in [0, 0.1) is 0 Å². The van der Waals surface area contributed by atoms with Crippen LogP contribution in [0.5, 0.6) is 0 Å². The maximum Gasteiger partial charge on any atom is 0.164 e. The minimum absolute atomic E-state index is 0.640. The third kappa shape index (κ3) is 5.85. The summed E-state index contributed by atoms with van der Waals surface area (Å²) >= 11 is 1.86. The molecule has 0 aliphatic carbocycles. The number of hydrogen-bond acceptors (Lipinski definition) is 4. The van der Waals surface area contributed by atoms with E-state index in [1.807, 2.05) is 47.7 Å². The van der Waals surface area contributed by atoms with Gasteiger partial charge in [-0.05, 0) is 74.5 Å². The molecule has 0 atom stereocenters. The van der Waals surface area contributed by atoms with Gasteiger partial charge in [-0.3, -0.25) is 0 Å². The molecule has 10 aromatic rings. The van der Waals surface area contributed by atoms with Crippen LogP contribution in [0.4, 0.5) is 0 Å². The minimum Gasteiger partial charge on any atom is -0.208 e. The van der Waals surface area contributed by atoms with Gasteiger partial charge in [-0.2, -0.15) is 0 Å². The molecule has 53 heavy (non-hydrogen) atoms. The predicted octanol–water partition coefficient (Wildman–Crippen LogP) is 13.4. The van der Waals surface area contributed by atoms with Crippen molar-refractivity contribution in [1.82, 2.24) is 15.0 Å². The lowest BCUT2D eigenvalue weighted by molar-refractivity contribution is 1.07. The third-order valence-corrected chi connectivity index (χ3v) is 11.0. The molecule has 3 nitrogen and oxygen atoms in total. The molecule has 2 heterocycles. The highest BCUT2D eigenvalue weighted by molar-refractivity contribution is 7.26. The molecule has 0 N–H and O–H groups in total. The van der Waals surface area contributed by atoms with Gasteiger partial charge in [0.2, 0.25) is 0 Å². The molecule has 4 heteroatoms. The number of benzene rings is 8. The Morgan fingerprint density at radius 3 is 1.47 bits per heavy atom. The van der Waals surface area contributed by atoms with Crippen LogP contribution in [0.1, 0.15) is 0 Å². The first-order valence-corrected chi connectivity index (χ1v) is 18.6. The summed E-state index contributed by atoms with van der Waals surface area (Å²) in [6.07, 6.45) is 0. The van der Waals surface area contributed by atoms with Gasteiger partial charge in [-0.25, -0.2) is 15.0 Å². The van der Waals surface area contributed by atoms with Crippen molar-refractivity contribution >= 4 is 42.3 Å². The van der Waals surface area contributed by atoms with Crippen LogP contribution < -0.4 is 0 Å². The maximum absolute atomic E-state index is 5.06. The predicted molar refractivity (Wildman–Crippen MR) is 223 cm³/mol. The van der Waals surface area contributed by atoms with Gasteiger partial charge >= 0.3 is 0 Å². The van der Waals surface area contributed by atoms with E-state index >= 15 is 0 Å². The van der Waals surface area contributed by atoms with Crippen molar-refractivity contribution in [2.45, 2.75) is 0 Å². The van der Waals surface area contributed by atoms with Gasteiger partial charge < -0.3 is 0 Å². The molecule has 0 fully saturated rings. The molecule has 0 aliphatic heterocycles. The highest BCUT2D eigenvalue weighted by atomic mass is 32.1. The Balaban J connectivity index is 1.05. The Hall–Kier alpha value is -6.75. The van der Waals surface area contributed by atoms with Gasteiger partial charge in [0.1, 0.15) is 0 Å². The molecule has 0 spiro atoms. The average Bonchev–Trinajstić information content (AvgIpc) is 3.61. The third-order valence-electron chi connectivity index (χ3n) is 9.91. The molecule has 2 aromatic heterocycles. The van der Waals surface area contributed by atoms with Crippen molar-refractivity contribution in [3.05, 3.63) is 188 Å². The summed E-state index contributed by atoms with van der Waals surface area (Å²) in [5.41, 5.74) is 9.84. The van der Waals surface area contributed by atoms with Crippen LogP contribution in [0.25, 0.3) is 98.5 Å². The standard InChI is InChI=1S/C49H31N3S/c1-3-12-32(13-4-1)33-24-26-35(27-25-33)48-50-47(34-14-5-2-6-15-34)51-49(52-48)41-21-10-19-37(29-41)36-18-9-20-40(28-36)42-22-11-23-44-46(42)43-30-38-16-7-8-17-39(38)31-45(43)53-44/h1-31H. The van der Waals surface area contributed by atoms with Crippen LogP contribution in [-0.4, -0.2) is 15.0 Å². The number of fused-ring (bicyclic) bond motifs is 4. The van der Waals surface area contributed by atoms with Crippen LogP contribution in [0.3, 0.4) is 0 Å². The Labute approximate surface area is 311 Å². The Morgan fingerprint density at radius 2 is 0.774 bits per heavy atom. The summed E-state index contributed by atoms with van der Waals surface area (Å²) in [7, 11) is 0. The monoisotopic (exact) mass is 693 g/mol. The minimum atomic E-state index is 0.640. The fourth-order valence-electron chi connectivity index (χ4n) is 7.25. The first-order valence-electron chi connectivity index (χ1n) is 17.8. The van der Waals surface area contributed by atoms with E-state index in [2.05, 4.69) is 152 Å². The molecule has 248 valence electrons. The molecule has 0 unspecified atom stereocenters. The smallest absolute Gasteiger partial charge is 0.164 e. The van der Waals surface area contributed by atoms with E-state index in [0.717, 1.165) is 33.4 Å². The Morgan fingerprint density at radius 1 is 0.302 bits per heavy atom. The average molecular weight is 694 g/mol. The van der Waals surface area contributed by atoms with Gasteiger partial charge in [0, 0.05) is 36.9 Å². The van der Waals surface area contributed by atoms with Crippen molar-refractivity contribution in [3.63, 3.8) is 0 Å². The molecular formula is C49H31N3S. The molecule has 0 saturated carbocycles. The van der Waals surface area contributed by atoms with Gasteiger partial charge in [0.25, 0.3) is 0 Å². The zero-order valence-electron chi connectivity index (χ0n) is 28.6. The largest absolute Gasteiger partial charge is 0.208 e. The second-order valence-corrected chi connectivity index (χ2v) is 14.3. The number of thiophene rings is 1. The van der Waals surface area contributed by atoms with Crippen LogP contribution in [0.2, 0.25) is 0 Å². The van der Waals surface area contributed by atoms with Gasteiger partial charge in [-0.15, -0.1) is 11.3 Å². The zero-order chi connectivity index (χ0) is 35.1. The van der Waals surface area contributed by atoms with Crippen LogP contribution in [-0.2, 0) is 0 Å². The second kappa shape index (κ2) is 13.1. The van der Waals surface area contributed by atoms with E-state index in [1.54, 1.807) is 0 Å². The second-order valence-electron chi connectivity index (χ2n) is 13.3. The highest BCUT2D eigenvalue weighted by Gasteiger charge is 2.15. The van der Waals surface area contributed by atoms with E-state index < -0.39 is 0 Å². The zero-order valence-corrected chi connectivity index (χ0v) is 29.5. The van der Waals surface area contributed by atoms with Crippen LogP contribution >= 0.6 is 11.3 Å². The highest BCUT2D eigenvalue weighted by Crippen LogP contribution is 2.42. The quantitative estimate of drug-likeness (QED) is 0.174. The lowest BCUT2D eigenvalue weighted by Crippen LogP contribution is -2.00. The van der Waals surface area contributed by atoms with Crippen molar-refractivity contribution in [2.75, 3.05) is 0 Å². The summed E-state index contributed by atoms with van der Waals surface area (Å²) in [4.78, 5) is 15.0. The topological polar surface area (TPSA) is 38.7 Å². The number of aromatic nitrogens is 3. The van der Waals surface area contributed by atoms with Crippen molar-refractivity contribution in [1.29, 1.82) is 0 Å². The number of rotatable bonds is 6. The summed E-state index contributed by atoms with van der Waals surface area (Å²) < 4.78 is 2.61. The first-order chi connectivity index (χ1) is 26.2. The molecule has 8 aromatic carbocycles. The van der Waals surface area contributed by atoms with Crippen molar-refractivity contribution in [2.24, 2.45) is 0 Å². The maximum atomic E-state index is 5.06. The molecule has 0 amide bonds. The number of hydrogen-bond donors (Lipinski definition) is 0. The normalized spacial score (nSPS) is 11.4. The van der Waals surface area contributed by atoms with E-state index in [0.29, 0.717) is 17.5 Å². The van der Waals surface area contributed by atoms with Crippen molar-refractivity contribution < 1.29 is 0 Å². The van der Waals surface area contributed by atoms with Crippen molar-refractivity contribution in [3.8, 4) is 67.5 Å². The molecule has 0 aliphatic rings. The molecule has 0 saturated heterocycles. The lowest BCUT2D eigenvalue weighted by Gasteiger charge is -2.11. The van der Waals surface area contributed by atoms with Gasteiger partial charge in [0.15, 0.2) is 17.5 Å². The summed E-state index contributed by atoms with van der Waals surface area (Å²) in [5.74, 6) is 1.93. The van der Waals surface area contributed by atoms with E-state index in [-0.39, 0.29) is 0 Å². The molecule has 0 radical (unpaired) electrons. The molecule has 0 bridgehead atoms. The molecule has 10 rings (SSSR count). The molecular weight excluding hydrogens is 663 g/mol. The summed E-state index contributed by atoms with van der Waals surface area (Å²) in [5, 5.41) is 5.16. The Kier molecular flexibility index (Phi) is 7.67. The summed E-state index contributed by atoms with van der Waals surface area (Å²) in [6, 6.07) is 66.4. The van der Waals surface area contributed by atoms with Crippen LogP contribution in [0.15, 0.2) is 188 Å². The summed E-state index contributed by atoms with van der Waals surface area (Å²) in [6.45, 7) is 0. The SMILES string of the molecule is c1ccc(-c2ccc(-c3nc(-c4ccccc4)nc(-c4cccc(-c5cccc(-c6cccc7sc8cc9ccccc9cc8c67)c5)c4)n3)cc2)cc1. The van der Waals surface area contributed by atoms with E-state index in [9.17, 15) is 0 Å². The van der Waals surface area contributed by atoms with Gasteiger partial charge in [-0.1, -0.05) is 158 Å². The van der Waals surface area contributed by atoms with E-state index in [4.69, 9.17) is 15.0 Å². The fraction of sp³-hybridized carbons (Fsp3) is 0. The lowest BCUT2D eigenvalue weighted by atomic mass is 9.95.